The van der Waals surface area contributed by atoms with E-state index in [4.69, 9.17) is 16.0 Å². The summed E-state index contributed by atoms with van der Waals surface area (Å²) in [6.07, 6.45) is 1.17. The Kier molecular flexibility index (Phi) is 4.94. The minimum Gasteiger partial charge on any atom is -0.478 e. The first kappa shape index (κ1) is 17.0. The van der Waals surface area contributed by atoms with Crippen LogP contribution in [0.1, 0.15) is 22.5 Å². The molecule has 1 atom stereocenters. The van der Waals surface area contributed by atoms with Crippen LogP contribution in [0.25, 0.3) is 11.3 Å². The van der Waals surface area contributed by atoms with Crippen LogP contribution in [0.2, 0.25) is 5.02 Å². The van der Waals surface area contributed by atoms with Gasteiger partial charge in [0.2, 0.25) is 0 Å². The molecule has 1 aromatic heterocycles. The lowest BCUT2D eigenvalue weighted by Crippen LogP contribution is -2.31. The van der Waals surface area contributed by atoms with Gasteiger partial charge in [0, 0.05) is 24.7 Å². The first-order valence-electron chi connectivity index (χ1n) is 7.95. The fourth-order valence-electron chi connectivity index (χ4n) is 3.06. The molecule has 0 radical (unpaired) electrons. The molecule has 6 heteroatoms. The molecule has 1 saturated heterocycles. The largest absolute Gasteiger partial charge is 0.478 e. The zero-order valence-electron chi connectivity index (χ0n) is 13.8. The van der Waals surface area contributed by atoms with Crippen LogP contribution in [0.15, 0.2) is 34.7 Å². The Morgan fingerprint density at radius 2 is 2.17 bits per heavy atom. The third kappa shape index (κ3) is 3.64. The van der Waals surface area contributed by atoms with Crippen molar-refractivity contribution in [1.29, 1.82) is 0 Å². The van der Waals surface area contributed by atoms with Crippen molar-refractivity contribution in [3.8, 4) is 11.3 Å². The van der Waals surface area contributed by atoms with Crippen molar-refractivity contribution in [3.63, 3.8) is 0 Å². The molecule has 3 rings (SSSR count). The number of nitrogens with zero attached hydrogens (tertiary/aromatic N) is 2. The molecule has 1 aliphatic heterocycles. The summed E-state index contributed by atoms with van der Waals surface area (Å²) in [5.41, 5.74) is 0.802. The number of furan rings is 1. The Hall–Kier alpha value is -1.82. The van der Waals surface area contributed by atoms with E-state index in [1.165, 1.54) is 6.42 Å². The lowest BCUT2D eigenvalue weighted by Gasteiger charge is -2.19. The van der Waals surface area contributed by atoms with Crippen LogP contribution >= 0.6 is 11.6 Å². The van der Waals surface area contributed by atoms with E-state index >= 15 is 0 Å². The molecular formula is C18H21ClN2O3. The average Bonchev–Trinajstić information content (AvgIpc) is 3.17. The van der Waals surface area contributed by atoms with Crippen LogP contribution < -0.4 is 0 Å². The summed E-state index contributed by atoms with van der Waals surface area (Å²) in [4.78, 5) is 15.8. The molecule has 0 spiro atoms. The number of carboxylic acid groups (broad SMARTS) is 1. The maximum absolute atomic E-state index is 11.2. The predicted octanol–water partition coefficient (Wildman–Crippen LogP) is 3.43. The lowest BCUT2D eigenvalue weighted by atomic mass is 10.1. The quantitative estimate of drug-likeness (QED) is 0.897. The Morgan fingerprint density at radius 3 is 2.83 bits per heavy atom. The van der Waals surface area contributed by atoms with Gasteiger partial charge in [-0.05, 0) is 50.8 Å². The molecule has 0 amide bonds. The van der Waals surface area contributed by atoms with E-state index in [-0.39, 0.29) is 10.6 Å². The molecule has 1 aromatic carbocycles. The van der Waals surface area contributed by atoms with Crippen molar-refractivity contribution < 1.29 is 14.3 Å². The third-order valence-corrected chi connectivity index (χ3v) is 4.83. The maximum Gasteiger partial charge on any atom is 0.337 e. The highest BCUT2D eigenvalue weighted by molar-refractivity contribution is 6.33. The number of halogens is 1. The fraction of sp³-hybridized carbons (Fsp3) is 0.389. The second-order valence-corrected chi connectivity index (χ2v) is 6.81. The van der Waals surface area contributed by atoms with E-state index in [1.807, 2.05) is 12.1 Å². The molecule has 24 heavy (non-hydrogen) atoms. The van der Waals surface area contributed by atoms with E-state index in [0.29, 0.717) is 11.8 Å². The SMILES string of the molecule is CN(C)C1CCN(Cc2ccc(-c3ccc(Cl)c(C(=O)O)c3)o2)C1. The summed E-state index contributed by atoms with van der Waals surface area (Å²) >= 11 is 5.91. The average molecular weight is 349 g/mol. The molecular weight excluding hydrogens is 328 g/mol. The highest BCUT2D eigenvalue weighted by Gasteiger charge is 2.24. The fourth-order valence-corrected chi connectivity index (χ4v) is 3.26. The van der Waals surface area contributed by atoms with Gasteiger partial charge in [-0.2, -0.15) is 0 Å². The zero-order valence-corrected chi connectivity index (χ0v) is 14.6. The van der Waals surface area contributed by atoms with Gasteiger partial charge in [-0.25, -0.2) is 4.79 Å². The standard InChI is InChI=1S/C18H21ClN2O3/c1-20(2)13-7-8-21(10-13)11-14-4-6-17(24-14)12-3-5-16(19)15(9-12)18(22)23/h3-6,9,13H,7-8,10-11H2,1-2H3,(H,22,23). The third-order valence-electron chi connectivity index (χ3n) is 4.50. The summed E-state index contributed by atoms with van der Waals surface area (Å²) < 4.78 is 5.91. The van der Waals surface area contributed by atoms with Crippen molar-refractivity contribution in [1.82, 2.24) is 9.80 Å². The molecule has 128 valence electrons. The zero-order chi connectivity index (χ0) is 17.3. The van der Waals surface area contributed by atoms with Gasteiger partial charge in [0.05, 0.1) is 17.1 Å². The summed E-state index contributed by atoms with van der Waals surface area (Å²) in [6, 6.07) is 9.33. The normalized spacial score (nSPS) is 18.4. The molecule has 2 heterocycles. The summed E-state index contributed by atoms with van der Waals surface area (Å²) in [5.74, 6) is 0.504. The number of rotatable bonds is 5. The van der Waals surface area contributed by atoms with Crippen LogP contribution in [0.3, 0.4) is 0 Å². The number of aromatic carboxylic acids is 1. The Labute approximate surface area is 146 Å². The lowest BCUT2D eigenvalue weighted by molar-refractivity contribution is 0.0697. The monoisotopic (exact) mass is 348 g/mol. The van der Waals surface area contributed by atoms with Crippen molar-refractivity contribution in [3.05, 3.63) is 46.7 Å². The number of benzene rings is 1. The number of likely N-dealkylation sites (N-methyl/N-ethyl adjacent to an activating group) is 1. The number of likely N-dealkylation sites (tertiary alicyclic amines) is 1. The van der Waals surface area contributed by atoms with E-state index in [1.54, 1.807) is 18.2 Å². The maximum atomic E-state index is 11.2. The van der Waals surface area contributed by atoms with Gasteiger partial charge in [0.25, 0.3) is 0 Å². The number of hydrogen-bond donors (Lipinski definition) is 1. The predicted molar refractivity (Wildman–Crippen MR) is 93.5 cm³/mol. The minimum atomic E-state index is -1.04. The van der Waals surface area contributed by atoms with Crippen molar-refractivity contribution in [2.75, 3.05) is 27.2 Å². The number of carbonyl (C=O) groups is 1. The molecule has 0 aliphatic carbocycles. The van der Waals surface area contributed by atoms with Gasteiger partial charge >= 0.3 is 5.97 Å². The summed E-state index contributed by atoms with van der Waals surface area (Å²) in [5, 5.41) is 9.40. The van der Waals surface area contributed by atoms with Crippen LogP contribution in [0.5, 0.6) is 0 Å². The Bertz CT molecular complexity index is 742. The van der Waals surface area contributed by atoms with Gasteiger partial charge in [0.1, 0.15) is 11.5 Å². The van der Waals surface area contributed by atoms with Crippen molar-refractivity contribution in [2.24, 2.45) is 0 Å². The second-order valence-electron chi connectivity index (χ2n) is 6.41. The van der Waals surface area contributed by atoms with Gasteiger partial charge in [-0.15, -0.1) is 0 Å². The van der Waals surface area contributed by atoms with Gasteiger partial charge < -0.3 is 14.4 Å². The molecule has 0 bridgehead atoms. The second kappa shape index (κ2) is 6.97. The Balaban J connectivity index is 1.72. The van der Waals surface area contributed by atoms with Crippen LogP contribution in [0.4, 0.5) is 0 Å². The highest BCUT2D eigenvalue weighted by Crippen LogP contribution is 2.28. The van der Waals surface area contributed by atoms with Crippen LogP contribution in [0, 0.1) is 0 Å². The molecule has 1 unspecified atom stereocenters. The van der Waals surface area contributed by atoms with Gasteiger partial charge in [0.15, 0.2) is 0 Å². The van der Waals surface area contributed by atoms with Gasteiger partial charge in [-0.3, -0.25) is 4.90 Å². The molecule has 5 nitrogen and oxygen atoms in total. The molecule has 2 aromatic rings. The van der Waals surface area contributed by atoms with E-state index in [0.717, 1.165) is 31.0 Å². The first-order valence-corrected chi connectivity index (χ1v) is 8.32. The van der Waals surface area contributed by atoms with E-state index in [9.17, 15) is 9.90 Å². The smallest absolute Gasteiger partial charge is 0.337 e. The van der Waals surface area contributed by atoms with E-state index in [2.05, 4.69) is 23.9 Å². The Morgan fingerprint density at radius 1 is 1.38 bits per heavy atom. The molecule has 1 fully saturated rings. The summed E-state index contributed by atoms with van der Waals surface area (Å²) in [6.45, 7) is 2.86. The number of hydrogen-bond acceptors (Lipinski definition) is 4. The van der Waals surface area contributed by atoms with Gasteiger partial charge in [-0.1, -0.05) is 11.6 Å². The van der Waals surface area contributed by atoms with Crippen LogP contribution in [-0.2, 0) is 6.54 Å². The number of carboxylic acids is 1. The first-order chi connectivity index (χ1) is 11.4. The van der Waals surface area contributed by atoms with Crippen molar-refractivity contribution >= 4 is 17.6 Å². The van der Waals surface area contributed by atoms with E-state index < -0.39 is 5.97 Å². The minimum absolute atomic E-state index is 0.0838. The highest BCUT2D eigenvalue weighted by atomic mass is 35.5. The van der Waals surface area contributed by atoms with Crippen molar-refractivity contribution in [2.45, 2.75) is 19.0 Å². The summed E-state index contributed by atoms with van der Waals surface area (Å²) in [7, 11) is 4.22. The van der Waals surface area contributed by atoms with Crippen LogP contribution in [-0.4, -0.2) is 54.1 Å². The topological polar surface area (TPSA) is 56.9 Å². The molecule has 1 aliphatic rings. The molecule has 1 N–H and O–H groups in total. The molecule has 0 saturated carbocycles.